The zero-order chi connectivity index (χ0) is 21.1. The molecule has 0 fully saturated rings. The molecule has 0 aliphatic heterocycles. The highest BCUT2D eigenvalue weighted by molar-refractivity contribution is 5.84. The van der Waals surface area contributed by atoms with Crippen LogP contribution in [0.5, 0.6) is 0 Å². The van der Waals surface area contributed by atoms with Crippen LogP contribution in [0.25, 0.3) is 10.9 Å². The second-order valence-electron chi connectivity index (χ2n) is 7.54. The highest BCUT2D eigenvalue weighted by atomic mass is 16.2. The minimum absolute atomic E-state index is 0.00406. The number of aryl methyl sites for hydroxylation is 1. The average Bonchev–Trinajstić information content (AvgIpc) is 2.72. The highest BCUT2D eigenvalue weighted by Gasteiger charge is 2.23. The van der Waals surface area contributed by atoms with E-state index in [1.165, 1.54) is 9.13 Å². The zero-order valence-electron chi connectivity index (χ0n) is 17.3. The predicted molar refractivity (Wildman–Crippen MR) is 115 cm³/mol. The van der Waals surface area contributed by atoms with Gasteiger partial charge in [0.05, 0.1) is 17.4 Å². The summed E-state index contributed by atoms with van der Waals surface area (Å²) < 4.78 is 2.64. The molecule has 29 heavy (non-hydrogen) atoms. The van der Waals surface area contributed by atoms with Gasteiger partial charge in [0.1, 0.15) is 6.04 Å². The van der Waals surface area contributed by atoms with E-state index < -0.39 is 11.7 Å². The fourth-order valence-electron chi connectivity index (χ4n) is 3.36. The average molecular weight is 393 g/mol. The van der Waals surface area contributed by atoms with Crippen molar-refractivity contribution in [2.75, 3.05) is 0 Å². The van der Waals surface area contributed by atoms with E-state index in [1.807, 2.05) is 57.2 Å². The lowest BCUT2D eigenvalue weighted by Crippen LogP contribution is -2.45. The summed E-state index contributed by atoms with van der Waals surface area (Å²) in [5.74, 6) is -0.242. The summed E-state index contributed by atoms with van der Waals surface area (Å²) in [6.45, 7) is 7.65. The van der Waals surface area contributed by atoms with Crippen LogP contribution in [-0.2, 0) is 11.3 Å². The molecule has 1 heterocycles. The Morgan fingerprint density at radius 2 is 1.76 bits per heavy atom. The fourth-order valence-corrected chi connectivity index (χ4v) is 3.36. The minimum atomic E-state index is -0.746. The summed E-state index contributed by atoms with van der Waals surface area (Å²) in [5, 5.41) is 3.36. The number of carbonyl (C=O) groups excluding carboxylic acids is 1. The highest BCUT2D eigenvalue weighted by Crippen LogP contribution is 2.16. The molecule has 1 amide bonds. The number of hydrogen-bond donors (Lipinski definition) is 1. The van der Waals surface area contributed by atoms with Crippen LogP contribution in [0.2, 0.25) is 0 Å². The second-order valence-corrected chi connectivity index (χ2v) is 7.54. The molecule has 0 bridgehead atoms. The Bertz CT molecular complexity index is 1150. The van der Waals surface area contributed by atoms with Crippen molar-refractivity contribution in [1.82, 2.24) is 14.5 Å². The van der Waals surface area contributed by atoms with Gasteiger partial charge in [0.15, 0.2) is 0 Å². The van der Waals surface area contributed by atoms with E-state index in [4.69, 9.17) is 0 Å². The Labute approximate surface area is 169 Å². The van der Waals surface area contributed by atoms with Crippen LogP contribution < -0.4 is 16.6 Å². The van der Waals surface area contributed by atoms with Gasteiger partial charge in [0.2, 0.25) is 5.91 Å². The zero-order valence-corrected chi connectivity index (χ0v) is 17.3. The van der Waals surface area contributed by atoms with Crippen molar-refractivity contribution in [3.63, 3.8) is 0 Å². The molecule has 6 heteroatoms. The van der Waals surface area contributed by atoms with Crippen molar-refractivity contribution < 1.29 is 4.79 Å². The molecule has 0 aliphatic rings. The molecule has 152 valence electrons. The molecule has 0 spiro atoms. The first-order valence-electron chi connectivity index (χ1n) is 9.93. The van der Waals surface area contributed by atoms with Gasteiger partial charge >= 0.3 is 5.69 Å². The fraction of sp³-hybridized carbons (Fsp3) is 0.348. The Hall–Kier alpha value is -3.15. The lowest BCUT2D eigenvalue weighted by atomic mass is 10.1. The molecule has 1 N–H and O–H groups in total. The summed E-state index contributed by atoms with van der Waals surface area (Å²) in [4.78, 5) is 39.2. The van der Waals surface area contributed by atoms with E-state index in [1.54, 1.807) is 19.1 Å². The van der Waals surface area contributed by atoms with E-state index in [0.29, 0.717) is 10.9 Å². The van der Waals surface area contributed by atoms with Crippen molar-refractivity contribution in [3.05, 3.63) is 80.5 Å². The molecular weight excluding hydrogens is 366 g/mol. The number of hydrogen-bond acceptors (Lipinski definition) is 3. The Kier molecular flexibility index (Phi) is 6.01. The number of benzene rings is 2. The molecule has 6 nitrogen and oxygen atoms in total. The summed E-state index contributed by atoms with van der Waals surface area (Å²) in [6.07, 6.45) is 0.792. The van der Waals surface area contributed by atoms with Gasteiger partial charge in [-0.2, -0.15) is 0 Å². The number of nitrogens with zero attached hydrogens (tertiary/aromatic N) is 2. The number of rotatable bonds is 6. The van der Waals surface area contributed by atoms with E-state index >= 15 is 0 Å². The van der Waals surface area contributed by atoms with Crippen LogP contribution in [0.1, 0.15) is 44.4 Å². The van der Waals surface area contributed by atoms with Gasteiger partial charge in [-0.15, -0.1) is 0 Å². The molecule has 3 aromatic rings. The summed E-state index contributed by atoms with van der Waals surface area (Å²) in [7, 11) is 0. The number of nitrogens with one attached hydrogen (secondary N) is 1. The number of fused-ring (bicyclic) bond motifs is 1. The van der Waals surface area contributed by atoms with E-state index in [9.17, 15) is 14.4 Å². The lowest BCUT2D eigenvalue weighted by Gasteiger charge is -2.21. The SMILES string of the molecule is CCC(C)NC(=O)C(C)n1c(=O)n(Cc2ccccc2)c(=O)c2cc(C)ccc21. The van der Waals surface area contributed by atoms with Gasteiger partial charge < -0.3 is 5.32 Å². The second kappa shape index (κ2) is 8.47. The topological polar surface area (TPSA) is 73.1 Å². The van der Waals surface area contributed by atoms with Crippen LogP contribution in [0.15, 0.2) is 58.1 Å². The first-order valence-corrected chi connectivity index (χ1v) is 9.93. The molecule has 2 unspecified atom stereocenters. The maximum atomic E-state index is 13.3. The van der Waals surface area contributed by atoms with E-state index in [-0.39, 0.29) is 24.1 Å². The Morgan fingerprint density at radius 1 is 1.07 bits per heavy atom. The Balaban J connectivity index is 2.21. The predicted octanol–water partition coefficient (Wildman–Crippen LogP) is 3.00. The van der Waals surface area contributed by atoms with Crippen LogP contribution in [-0.4, -0.2) is 21.1 Å². The van der Waals surface area contributed by atoms with Gasteiger partial charge in [-0.25, -0.2) is 4.79 Å². The monoisotopic (exact) mass is 393 g/mol. The van der Waals surface area contributed by atoms with E-state index in [0.717, 1.165) is 17.5 Å². The summed E-state index contributed by atoms with van der Waals surface area (Å²) in [6, 6.07) is 14.0. The normalized spacial score (nSPS) is 13.2. The maximum Gasteiger partial charge on any atom is 0.332 e. The molecule has 0 saturated carbocycles. The largest absolute Gasteiger partial charge is 0.352 e. The first-order chi connectivity index (χ1) is 13.8. The summed E-state index contributed by atoms with van der Waals surface area (Å²) >= 11 is 0. The molecule has 1 aromatic heterocycles. The van der Waals surface area contributed by atoms with Gasteiger partial charge in [-0.3, -0.25) is 18.7 Å². The number of carbonyl (C=O) groups is 1. The van der Waals surface area contributed by atoms with Crippen molar-refractivity contribution in [2.24, 2.45) is 0 Å². The molecule has 2 aromatic carbocycles. The summed E-state index contributed by atoms with van der Waals surface area (Å²) in [5.41, 5.74) is 1.41. The standard InChI is InChI=1S/C23H27N3O3/c1-5-16(3)24-21(27)17(4)26-20-12-11-15(2)13-19(20)22(28)25(23(26)29)14-18-9-7-6-8-10-18/h6-13,16-17H,5,14H2,1-4H3,(H,24,27). The quantitative estimate of drug-likeness (QED) is 0.700. The van der Waals surface area contributed by atoms with Crippen molar-refractivity contribution in [2.45, 2.75) is 52.7 Å². The van der Waals surface area contributed by atoms with Gasteiger partial charge in [-0.05, 0) is 44.9 Å². The number of aromatic nitrogens is 2. The molecule has 0 radical (unpaired) electrons. The van der Waals surface area contributed by atoms with Crippen LogP contribution in [0.3, 0.4) is 0 Å². The van der Waals surface area contributed by atoms with Crippen molar-refractivity contribution >= 4 is 16.8 Å². The third-order valence-electron chi connectivity index (χ3n) is 5.28. The van der Waals surface area contributed by atoms with Crippen LogP contribution >= 0.6 is 0 Å². The smallest absolute Gasteiger partial charge is 0.332 e. The van der Waals surface area contributed by atoms with E-state index in [2.05, 4.69) is 5.32 Å². The molecular formula is C23H27N3O3. The Morgan fingerprint density at radius 3 is 2.41 bits per heavy atom. The number of amides is 1. The third kappa shape index (κ3) is 4.16. The van der Waals surface area contributed by atoms with Crippen LogP contribution in [0, 0.1) is 6.92 Å². The van der Waals surface area contributed by atoms with Gasteiger partial charge in [0.25, 0.3) is 5.56 Å². The lowest BCUT2D eigenvalue weighted by molar-refractivity contribution is -0.124. The van der Waals surface area contributed by atoms with Crippen molar-refractivity contribution in [1.29, 1.82) is 0 Å². The minimum Gasteiger partial charge on any atom is -0.352 e. The van der Waals surface area contributed by atoms with Gasteiger partial charge in [0, 0.05) is 6.04 Å². The first kappa shape index (κ1) is 20.6. The van der Waals surface area contributed by atoms with Crippen LogP contribution in [0.4, 0.5) is 0 Å². The molecule has 0 saturated heterocycles. The van der Waals surface area contributed by atoms with Gasteiger partial charge in [-0.1, -0.05) is 48.9 Å². The molecule has 3 rings (SSSR count). The molecule has 0 aliphatic carbocycles. The molecule has 2 atom stereocenters. The van der Waals surface area contributed by atoms with Crippen molar-refractivity contribution in [3.8, 4) is 0 Å². The maximum absolute atomic E-state index is 13.3. The third-order valence-corrected chi connectivity index (χ3v) is 5.28.